The molecule has 0 atom stereocenters. The van der Waals surface area contributed by atoms with E-state index in [1.54, 1.807) is 6.20 Å². The zero-order valence-corrected chi connectivity index (χ0v) is 11.6. The molecule has 0 spiro atoms. The third kappa shape index (κ3) is 2.07. The molecule has 0 unspecified atom stereocenters. The summed E-state index contributed by atoms with van der Waals surface area (Å²) in [7, 11) is 1.94. The van der Waals surface area contributed by atoms with Crippen LogP contribution in [-0.2, 0) is 13.6 Å². The minimum Gasteiger partial charge on any atom is -0.396 e. The second-order valence-corrected chi connectivity index (χ2v) is 4.84. The quantitative estimate of drug-likeness (QED) is 0.765. The molecular weight excluding hydrogens is 250 g/mol. The minimum absolute atomic E-state index is 0.658. The Labute approximate surface area is 117 Å². The predicted octanol–water partition coefficient (Wildman–Crippen LogP) is 2.47. The zero-order valence-electron chi connectivity index (χ0n) is 11.6. The van der Waals surface area contributed by atoms with Crippen LogP contribution in [0.5, 0.6) is 0 Å². The summed E-state index contributed by atoms with van der Waals surface area (Å²) in [6, 6.07) is 7.97. The number of anilines is 2. The van der Waals surface area contributed by atoms with Crippen molar-refractivity contribution in [3.8, 4) is 0 Å². The molecule has 0 aliphatic rings. The van der Waals surface area contributed by atoms with E-state index < -0.39 is 0 Å². The van der Waals surface area contributed by atoms with Gasteiger partial charge in [-0.05, 0) is 13.0 Å². The molecule has 0 aliphatic carbocycles. The molecule has 0 amide bonds. The van der Waals surface area contributed by atoms with Crippen LogP contribution >= 0.6 is 0 Å². The van der Waals surface area contributed by atoms with Crippen LogP contribution in [-0.4, -0.2) is 14.8 Å². The molecule has 5 nitrogen and oxygen atoms in total. The van der Waals surface area contributed by atoms with Gasteiger partial charge in [-0.2, -0.15) is 5.10 Å². The van der Waals surface area contributed by atoms with Gasteiger partial charge in [0.05, 0.1) is 29.3 Å². The number of hydrogen-bond acceptors (Lipinski definition) is 4. The van der Waals surface area contributed by atoms with Gasteiger partial charge < -0.3 is 11.1 Å². The lowest BCUT2D eigenvalue weighted by atomic mass is 10.1. The van der Waals surface area contributed by atoms with E-state index in [1.165, 1.54) is 0 Å². The summed E-state index contributed by atoms with van der Waals surface area (Å²) < 4.78 is 1.87. The van der Waals surface area contributed by atoms with E-state index >= 15 is 0 Å². The van der Waals surface area contributed by atoms with Crippen LogP contribution in [0.1, 0.15) is 11.3 Å². The number of nitrogens with zero attached hydrogens (tertiary/aromatic N) is 3. The molecule has 0 radical (unpaired) electrons. The number of nitrogen functional groups attached to an aromatic ring is 1. The molecule has 20 heavy (non-hydrogen) atoms. The molecule has 0 fully saturated rings. The van der Waals surface area contributed by atoms with Crippen molar-refractivity contribution in [2.75, 3.05) is 11.1 Å². The Bertz CT molecular complexity index is 760. The third-order valence-corrected chi connectivity index (χ3v) is 3.60. The van der Waals surface area contributed by atoms with Gasteiger partial charge in [0.2, 0.25) is 0 Å². The normalized spacial score (nSPS) is 10.9. The molecule has 2 heterocycles. The number of nitrogens with one attached hydrogen (secondary N) is 1. The highest BCUT2D eigenvalue weighted by atomic mass is 15.3. The lowest BCUT2D eigenvalue weighted by Gasteiger charge is -2.12. The van der Waals surface area contributed by atoms with Gasteiger partial charge in [0.1, 0.15) is 0 Å². The first-order valence-corrected chi connectivity index (χ1v) is 6.51. The van der Waals surface area contributed by atoms with Crippen molar-refractivity contribution in [1.29, 1.82) is 0 Å². The van der Waals surface area contributed by atoms with Gasteiger partial charge in [0.15, 0.2) is 0 Å². The van der Waals surface area contributed by atoms with Gasteiger partial charge in [-0.3, -0.25) is 9.67 Å². The van der Waals surface area contributed by atoms with Gasteiger partial charge in [0.25, 0.3) is 0 Å². The largest absolute Gasteiger partial charge is 0.396 e. The highest BCUT2D eigenvalue weighted by Gasteiger charge is 2.08. The number of fused-ring (bicyclic) bond motifs is 1. The maximum absolute atomic E-state index is 6.05. The number of aromatic nitrogens is 3. The van der Waals surface area contributed by atoms with Gasteiger partial charge in [-0.1, -0.05) is 18.2 Å². The summed E-state index contributed by atoms with van der Waals surface area (Å²) in [5, 5.41) is 8.69. The molecule has 0 aliphatic heterocycles. The van der Waals surface area contributed by atoms with Crippen molar-refractivity contribution in [3.63, 3.8) is 0 Å². The fourth-order valence-corrected chi connectivity index (χ4v) is 2.26. The summed E-state index contributed by atoms with van der Waals surface area (Å²) in [6.07, 6.45) is 3.57. The zero-order chi connectivity index (χ0) is 14.1. The fourth-order valence-electron chi connectivity index (χ4n) is 2.26. The number of aryl methyl sites for hydroxylation is 1. The van der Waals surface area contributed by atoms with E-state index in [2.05, 4.69) is 22.3 Å². The highest BCUT2D eigenvalue weighted by Crippen LogP contribution is 2.28. The Morgan fingerprint density at radius 2 is 2.05 bits per heavy atom. The Morgan fingerprint density at radius 1 is 1.25 bits per heavy atom. The van der Waals surface area contributed by atoms with E-state index in [0.29, 0.717) is 12.2 Å². The number of benzene rings is 1. The van der Waals surface area contributed by atoms with E-state index in [-0.39, 0.29) is 0 Å². The number of rotatable bonds is 3. The summed E-state index contributed by atoms with van der Waals surface area (Å²) in [5.41, 5.74) is 10.9. The van der Waals surface area contributed by atoms with Crippen LogP contribution in [0.2, 0.25) is 0 Å². The van der Waals surface area contributed by atoms with Gasteiger partial charge >= 0.3 is 0 Å². The molecule has 0 saturated carbocycles. The molecule has 2 aromatic heterocycles. The van der Waals surface area contributed by atoms with Crippen molar-refractivity contribution in [2.45, 2.75) is 13.5 Å². The number of nitrogens with two attached hydrogens (primary N) is 1. The molecule has 3 N–H and O–H groups in total. The van der Waals surface area contributed by atoms with Crippen molar-refractivity contribution in [3.05, 3.63) is 47.9 Å². The topological polar surface area (TPSA) is 68.8 Å². The third-order valence-electron chi connectivity index (χ3n) is 3.60. The molecule has 102 valence electrons. The van der Waals surface area contributed by atoms with Crippen molar-refractivity contribution in [1.82, 2.24) is 14.8 Å². The first-order valence-electron chi connectivity index (χ1n) is 6.51. The first kappa shape index (κ1) is 12.5. The maximum atomic E-state index is 6.05. The minimum atomic E-state index is 0.658. The van der Waals surface area contributed by atoms with Crippen LogP contribution in [0.3, 0.4) is 0 Å². The fraction of sp³-hybridized carbons (Fsp3) is 0.200. The molecule has 1 aromatic carbocycles. The highest BCUT2D eigenvalue weighted by molar-refractivity contribution is 5.96. The Morgan fingerprint density at radius 3 is 2.80 bits per heavy atom. The van der Waals surface area contributed by atoms with Crippen LogP contribution < -0.4 is 11.1 Å². The maximum Gasteiger partial charge on any atom is 0.0743 e. The molecule has 0 bridgehead atoms. The molecule has 0 saturated heterocycles. The lowest BCUT2D eigenvalue weighted by Crippen LogP contribution is -2.05. The monoisotopic (exact) mass is 267 g/mol. The van der Waals surface area contributed by atoms with Gasteiger partial charge in [-0.25, -0.2) is 0 Å². The number of para-hydroxylation sites is 1. The average molecular weight is 267 g/mol. The summed E-state index contributed by atoms with van der Waals surface area (Å²) in [5.74, 6) is 0. The van der Waals surface area contributed by atoms with Crippen LogP contribution in [0.4, 0.5) is 11.4 Å². The molecule has 3 rings (SSSR count). The first-order chi connectivity index (χ1) is 9.66. The van der Waals surface area contributed by atoms with Gasteiger partial charge in [0, 0.05) is 30.2 Å². The standard InChI is InChI=1S/C15H17N5/c1-10-11(8-19-20(10)2)7-18-15-12-5-3-4-6-14(12)17-9-13(15)16/h3-6,8-9H,7,16H2,1-2H3,(H,17,18). The summed E-state index contributed by atoms with van der Waals surface area (Å²) in [6.45, 7) is 2.75. The van der Waals surface area contributed by atoms with E-state index in [9.17, 15) is 0 Å². The smallest absolute Gasteiger partial charge is 0.0743 e. The number of pyridine rings is 1. The van der Waals surface area contributed by atoms with Gasteiger partial charge in [-0.15, -0.1) is 0 Å². The number of hydrogen-bond donors (Lipinski definition) is 2. The SMILES string of the molecule is Cc1c(CNc2c(N)cnc3ccccc23)cnn1C. The Hall–Kier alpha value is -2.56. The second-order valence-electron chi connectivity index (χ2n) is 4.84. The van der Waals surface area contributed by atoms with Crippen LogP contribution in [0.25, 0.3) is 10.9 Å². The second kappa shape index (κ2) is 4.85. The predicted molar refractivity (Wildman–Crippen MR) is 81.4 cm³/mol. The molecular formula is C15H17N5. The Kier molecular flexibility index (Phi) is 3.02. The lowest BCUT2D eigenvalue weighted by molar-refractivity contribution is 0.738. The average Bonchev–Trinajstić information content (AvgIpc) is 2.78. The summed E-state index contributed by atoms with van der Waals surface area (Å²) >= 11 is 0. The Balaban J connectivity index is 1.94. The molecule has 3 aromatic rings. The van der Waals surface area contributed by atoms with E-state index in [4.69, 9.17) is 5.73 Å². The van der Waals surface area contributed by atoms with E-state index in [0.717, 1.165) is 27.8 Å². The van der Waals surface area contributed by atoms with Crippen LogP contribution in [0.15, 0.2) is 36.7 Å². The van der Waals surface area contributed by atoms with Crippen LogP contribution in [0, 0.1) is 6.92 Å². The molecule has 5 heteroatoms. The summed E-state index contributed by atoms with van der Waals surface area (Å²) in [4.78, 5) is 4.34. The van der Waals surface area contributed by atoms with Crippen molar-refractivity contribution >= 4 is 22.3 Å². The van der Waals surface area contributed by atoms with Crippen molar-refractivity contribution < 1.29 is 0 Å². The van der Waals surface area contributed by atoms with E-state index in [1.807, 2.05) is 42.2 Å². The van der Waals surface area contributed by atoms with Crippen molar-refractivity contribution in [2.24, 2.45) is 7.05 Å².